The molecule has 0 unspecified atom stereocenters. The van der Waals surface area contributed by atoms with Gasteiger partial charge in [0.2, 0.25) is 0 Å². The van der Waals surface area contributed by atoms with Gasteiger partial charge >= 0.3 is 0 Å². The zero-order chi connectivity index (χ0) is 13.5. The van der Waals surface area contributed by atoms with Crippen LogP contribution in [0.1, 0.15) is 27.9 Å². The average Bonchev–Trinajstić information content (AvgIpc) is 2.48. The maximum absolute atomic E-state index is 12.4. The molecule has 0 aliphatic rings. The molecule has 0 aromatic heterocycles. The van der Waals surface area contributed by atoms with Crippen LogP contribution in [0.5, 0.6) is 0 Å². The largest absolute Gasteiger partial charge is 0.289 e. The van der Waals surface area contributed by atoms with E-state index in [9.17, 15) is 4.79 Å². The Labute approximate surface area is 121 Å². The minimum atomic E-state index is 0.0179. The molecule has 0 fully saturated rings. The first-order valence-corrected chi connectivity index (χ1v) is 7.18. The lowest BCUT2D eigenvalue weighted by molar-refractivity contribution is 0.103. The zero-order valence-corrected chi connectivity index (χ0v) is 12.0. The predicted octanol–water partition coefficient (Wildman–Crippen LogP) is 4.05. The van der Waals surface area contributed by atoms with Crippen molar-refractivity contribution in [1.29, 1.82) is 0 Å². The Morgan fingerprint density at radius 1 is 1.00 bits per heavy atom. The van der Waals surface area contributed by atoms with E-state index in [-0.39, 0.29) is 5.78 Å². The molecule has 0 bridgehead atoms. The Morgan fingerprint density at radius 2 is 1.68 bits per heavy atom. The van der Waals surface area contributed by atoms with Crippen LogP contribution in [0.15, 0.2) is 54.6 Å². The lowest BCUT2D eigenvalue weighted by Crippen LogP contribution is -2.03. The summed E-state index contributed by atoms with van der Waals surface area (Å²) >= 11 is 3.34. The van der Waals surface area contributed by atoms with Gasteiger partial charge in [-0.3, -0.25) is 4.79 Å². The summed E-state index contributed by atoms with van der Waals surface area (Å²) < 4.78 is 0. The van der Waals surface area contributed by atoms with Gasteiger partial charge in [0.1, 0.15) is 0 Å². The van der Waals surface area contributed by atoms with Crippen LogP contribution in [-0.4, -0.2) is 11.1 Å². The highest BCUT2D eigenvalue weighted by Crippen LogP contribution is 2.13. The highest BCUT2D eigenvalue weighted by Gasteiger charge is 2.11. The van der Waals surface area contributed by atoms with E-state index in [1.165, 1.54) is 0 Å². The van der Waals surface area contributed by atoms with Crippen molar-refractivity contribution >= 4 is 21.7 Å². The van der Waals surface area contributed by atoms with Crippen LogP contribution < -0.4 is 0 Å². The molecule has 0 aliphatic carbocycles. The first kappa shape index (κ1) is 13.6. The molecule has 1 nitrogen and oxygen atoms in total. The second-order valence-corrected chi connectivity index (χ2v) is 4.77. The molecule has 0 saturated carbocycles. The van der Waals surface area contributed by atoms with Crippen molar-refractivity contribution in [2.24, 2.45) is 0 Å². The molecule has 2 aromatic carbocycles. The smallest absolute Gasteiger partial charge is 0.194 e. The number of benzene rings is 2. The lowest BCUT2D eigenvalue weighted by Gasteiger charge is -2.03. The third kappa shape index (κ3) is 3.56. The Hall–Kier alpha value is -1.85. The summed E-state index contributed by atoms with van der Waals surface area (Å²) in [4.78, 5) is 12.4. The second kappa shape index (κ2) is 6.92. The molecule has 0 N–H and O–H groups in total. The second-order valence-electron chi connectivity index (χ2n) is 3.98. The molecule has 0 spiro atoms. The minimum absolute atomic E-state index is 0.0179. The number of alkyl halides is 1. The maximum Gasteiger partial charge on any atom is 0.194 e. The lowest BCUT2D eigenvalue weighted by atomic mass is 9.98. The van der Waals surface area contributed by atoms with Crippen LogP contribution in [0.3, 0.4) is 0 Å². The summed E-state index contributed by atoms with van der Waals surface area (Å²) in [5.41, 5.74) is 2.14. The minimum Gasteiger partial charge on any atom is -0.289 e. The fourth-order valence-electron chi connectivity index (χ4n) is 1.74. The summed E-state index contributed by atoms with van der Waals surface area (Å²) in [5, 5.41) is 0.842. The maximum atomic E-state index is 12.4. The zero-order valence-electron chi connectivity index (χ0n) is 10.4. The van der Waals surface area contributed by atoms with Crippen molar-refractivity contribution in [3.63, 3.8) is 0 Å². The van der Waals surface area contributed by atoms with Crippen molar-refractivity contribution < 1.29 is 4.79 Å². The van der Waals surface area contributed by atoms with Crippen LogP contribution >= 0.6 is 15.9 Å². The van der Waals surface area contributed by atoms with E-state index in [0.717, 1.165) is 17.3 Å². The van der Waals surface area contributed by atoms with Gasteiger partial charge in [0, 0.05) is 28.4 Å². The quantitative estimate of drug-likeness (QED) is 0.474. The fraction of sp³-hybridized carbons (Fsp3) is 0.118. The molecular weight excluding hydrogens is 300 g/mol. The Kier molecular flexibility index (Phi) is 4.94. The summed E-state index contributed by atoms with van der Waals surface area (Å²) in [7, 11) is 0. The van der Waals surface area contributed by atoms with E-state index < -0.39 is 0 Å². The Balaban J connectivity index is 2.36. The van der Waals surface area contributed by atoms with Crippen molar-refractivity contribution in [3.8, 4) is 11.8 Å². The van der Waals surface area contributed by atoms with E-state index in [4.69, 9.17) is 0 Å². The summed E-state index contributed by atoms with van der Waals surface area (Å²) in [5.74, 6) is 6.13. The average molecular weight is 313 g/mol. The third-order valence-corrected chi connectivity index (χ3v) is 3.05. The van der Waals surface area contributed by atoms with Gasteiger partial charge in [-0.05, 0) is 12.1 Å². The molecule has 94 valence electrons. The molecule has 19 heavy (non-hydrogen) atoms. The van der Waals surface area contributed by atoms with Crippen LogP contribution in [0.25, 0.3) is 0 Å². The van der Waals surface area contributed by atoms with Gasteiger partial charge in [0.25, 0.3) is 0 Å². The number of hydrogen-bond acceptors (Lipinski definition) is 1. The highest BCUT2D eigenvalue weighted by atomic mass is 79.9. The van der Waals surface area contributed by atoms with E-state index in [1.54, 1.807) is 0 Å². The van der Waals surface area contributed by atoms with Crippen LogP contribution in [-0.2, 0) is 0 Å². The van der Waals surface area contributed by atoms with Gasteiger partial charge in [-0.1, -0.05) is 70.2 Å². The molecule has 0 amide bonds. The molecule has 2 aromatic rings. The van der Waals surface area contributed by atoms with Crippen molar-refractivity contribution in [2.75, 3.05) is 5.33 Å². The van der Waals surface area contributed by atoms with Gasteiger partial charge in [0.15, 0.2) is 5.78 Å². The number of rotatable bonds is 3. The van der Waals surface area contributed by atoms with Crippen LogP contribution in [0.2, 0.25) is 0 Å². The molecule has 0 atom stereocenters. The van der Waals surface area contributed by atoms with E-state index in [2.05, 4.69) is 27.8 Å². The molecule has 2 rings (SSSR count). The van der Waals surface area contributed by atoms with E-state index >= 15 is 0 Å². The first-order valence-electron chi connectivity index (χ1n) is 6.06. The van der Waals surface area contributed by atoms with Crippen molar-refractivity contribution in [2.45, 2.75) is 6.42 Å². The molecule has 0 radical (unpaired) electrons. The standard InChI is InChI=1S/C17H13BrO/c18-13-7-6-9-14-8-4-5-12-16(14)17(19)15-10-2-1-3-11-15/h1-5,8,10-12H,7,13H2. The van der Waals surface area contributed by atoms with E-state index in [0.29, 0.717) is 11.1 Å². The Bertz CT molecular complexity index is 620. The first-order chi connectivity index (χ1) is 9.33. The number of carbonyl (C=O) groups is 1. The molecular formula is C17H13BrO. The number of hydrogen-bond donors (Lipinski definition) is 0. The summed E-state index contributed by atoms with van der Waals surface area (Å²) in [6, 6.07) is 16.8. The van der Waals surface area contributed by atoms with E-state index in [1.807, 2.05) is 54.6 Å². The summed E-state index contributed by atoms with van der Waals surface area (Å²) in [6.45, 7) is 0. The topological polar surface area (TPSA) is 17.1 Å². The Morgan fingerprint density at radius 3 is 2.42 bits per heavy atom. The van der Waals surface area contributed by atoms with Crippen molar-refractivity contribution in [3.05, 3.63) is 71.3 Å². The SMILES string of the molecule is O=C(c1ccccc1)c1ccccc1C#CCCBr. The summed E-state index contributed by atoms with van der Waals surface area (Å²) in [6.07, 6.45) is 0.772. The van der Waals surface area contributed by atoms with Gasteiger partial charge in [0.05, 0.1) is 0 Å². The molecule has 0 aliphatic heterocycles. The normalized spacial score (nSPS) is 9.53. The van der Waals surface area contributed by atoms with Crippen LogP contribution in [0.4, 0.5) is 0 Å². The molecule has 0 saturated heterocycles. The van der Waals surface area contributed by atoms with Gasteiger partial charge in [-0.2, -0.15) is 0 Å². The fourth-order valence-corrected chi connectivity index (χ4v) is 1.94. The van der Waals surface area contributed by atoms with Gasteiger partial charge < -0.3 is 0 Å². The molecule has 2 heteroatoms. The number of carbonyl (C=O) groups excluding carboxylic acids is 1. The van der Waals surface area contributed by atoms with Gasteiger partial charge in [-0.25, -0.2) is 0 Å². The number of halogens is 1. The third-order valence-electron chi connectivity index (χ3n) is 2.65. The van der Waals surface area contributed by atoms with Gasteiger partial charge in [-0.15, -0.1) is 0 Å². The molecule has 0 heterocycles. The highest BCUT2D eigenvalue weighted by molar-refractivity contribution is 9.09. The monoisotopic (exact) mass is 312 g/mol. The predicted molar refractivity (Wildman–Crippen MR) is 81.6 cm³/mol. The van der Waals surface area contributed by atoms with Crippen molar-refractivity contribution in [1.82, 2.24) is 0 Å². The number of ketones is 1. The van der Waals surface area contributed by atoms with Crippen LogP contribution in [0, 0.1) is 11.8 Å².